The summed E-state index contributed by atoms with van der Waals surface area (Å²) in [6, 6.07) is 7.50. The second-order valence-electron chi connectivity index (χ2n) is 6.39. The summed E-state index contributed by atoms with van der Waals surface area (Å²) in [6.45, 7) is 8.72. The Morgan fingerprint density at radius 1 is 1.29 bits per heavy atom. The van der Waals surface area contributed by atoms with E-state index in [-0.39, 0.29) is 23.3 Å². The fourth-order valence-electron chi connectivity index (χ4n) is 2.33. The van der Waals surface area contributed by atoms with Gasteiger partial charge in [0.25, 0.3) is 5.56 Å². The summed E-state index contributed by atoms with van der Waals surface area (Å²) >= 11 is 1.32. The molecule has 0 saturated carbocycles. The summed E-state index contributed by atoms with van der Waals surface area (Å²) in [5.74, 6) is 0.541. The molecule has 0 aliphatic heterocycles. The van der Waals surface area contributed by atoms with E-state index in [4.69, 9.17) is 0 Å². The molecule has 0 unspecified atom stereocenters. The molecule has 0 bridgehead atoms. The molecule has 2 aromatic rings. The number of amides is 1. The van der Waals surface area contributed by atoms with Crippen LogP contribution < -0.4 is 10.9 Å². The summed E-state index contributed by atoms with van der Waals surface area (Å²) in [5.41, 5.74) is 0.631. The van der Waals surface area contributed by atoms with Crippen molar-refractivity contribution in [2.24, 2.45) is 5.92 Å². The lowest BCUT2D eigenvalue weighted by atomic mass is 10.2. The highest BCUT2D eigenvalue weighted by atomic mass is 32.2. The molecule has 1 amide bonds. The molecule has 1 aromatic heterocycles. The van der Waals surface area contributed by atoms with E-state index in [1.807, 2.05) is 32.0 Å². The molecule has 6 heteroatoms. The lowest BCUT2D eigenvalue weighted by molar-refractivity contribution is -0.119. The Hall–Kier alpha value is -1.82. The third kappa shape index (κ3) is 4.60. The first-order chi connectivity index (χ1) is 11.4. The molecule has 1 N–H and O–H groups in total. The van der Waals surface area contributed by atoms with Gasteiger partial charge < -0.3 is 5.32 Å². The van der Waals surface area contributed by atoms with Crippen molar-refractivity contribution in [1.82, 2.24) is 14.9 Å². The number of hydrogen-bond acceptors (Lipinski definition) is 4. The van der Waals surface area contributed by atoms with Crippen molar-refractivity contribution in [1.29, 1.82) is 0 Å². The molecular weight excluding hydrogens is 322 g/mol. The van der Waals surface area contributed by atoms with E-state index >= 15 is 0 Å². The van der Waals surface area contributed by atoms with Gasteiger partial charge in [-0.15, -0.1) is 0 Å². The zero-order chi connectivity index (χ0) is 17.7. The molecule has 0 spiro atoms. The van der Waals surface area contributed by atoms with Crippen molar-refractivity contribution in [2.45, 2.75) is 51.9 Å². The van der Waals surface area contributed by atoms with E-state index in [1.165, 1.54) is 11.8 Å². The predicted molar refractivity (Wildman–Crippen MR) is 99.5 cm³/mol. The summed E-state index contributed by atoms with van der Waals surface area (Å²) in [4.78, 5) is 29.4. The van der Waals surface area contributed by atoms with E-state index in [0.717, 1.165) is 6.42 Å². The number of hydrogen-bond donors (Lipinski definition) is 1. The summed E-state index contributed by atoms with van der Waals surface area (Å²) in [6.07, 6.45) is 0.892. The first-order valence-corrected chi connectivity index (χ1v) is 9.32. The molecule has 130 valence electrons. The Balaban J connectivity index is 2.30. The second kappa shape index (κ2) is 8.33. The number of para-hydroxylation sites is 1. The van der Waals surface area contributed by atoms with Crippen LogP contribution in [0.15, 0.2) is 34.2 Å². The second-order valence-corrected chi connectivity index (χ2v) is 7.33. The van der Waals surface area contributed by atoms with Gasteiger partial charge in [0.05, 0.1) is 16.7 Å². The van der Waals surface area contributed by atoms with Crippen molar-refractivity contribution >= 4 is 28.6 Å². The smallest absolute Gasteiger partial charge is 0.262 e. The third-order valence-electron chi connectivity index (χ3n) is 3.73. The fourth-order valence-corrected chi connectivity index (χ4v) is 3.15. The Morgan fingerprint density at radius 3 is 2.67 bits per heavy atom. The average Bonchev–Trinajstić information content (AvgIpc) is 2.55. The maximum atomic E-state index is 12.8. The van der Waals surface area contributed by atoms with Gasteiger partial charge in [0.15, 0.2) is 5.16 Å². The molecule has 0 aliphatic rings. The van der Waals surface area contributed by atoms with Gasteiger partial charge in [-0.25, -0.2) is 4.98 Å². The highest BCUT2D eigenvalue weighted by Crippen LogP contribution is 2.18. The topological polar surface area (TPSA) is 64.0 Å². The molecule has 1 atom stereocenters. The van der Waals surface area contributed by atoms with Gasteiger partial charge in [0, 0.05) is 12.6 Å². The Kier molecular flexibility index (Phi) is 6.43. The number of benzene rings is 1. The van der Waals surface area contributed by atoms with Crippen molar-refractivity contribution in [3.05, 3.63) is 34.6 Å². The number of carbonyl (C=O) groups excluding carboxylic acids is 1. The quantitative estimate of drug-likeness (QED) is 0.617. The van der Waals surface area contributed by atoms with E-state index in [0.29, 0.717) is 28.5 Å². The van der Waals surface area contributed by atoms with Gasteiger partial charge >= 0.3 is 0 Å². The van der Waals surface area contributed by atoms with Gasteiger partial charge in [-0.3, -0.25) is 14.2 Å². The van der Waals surface area contributed by atoms with Crippen LogP contribution in [-0.2, 0) is 11.3 Å². The van der Waals surface area contributed by atoms with Crippen LogP contribution in [0.4, 0.5) is 0 Å². The Morgan fingerprint density at radius 2 is 2.00 bits per heavy atom. The molecule has 1 heterocycles. The van der Waals surface area contributed by atoms with Crippen LogP contribution in [0, 0.1) is 5.92 Å². The van der Waals surface area contributed by atoms with Gasteiger partial charge in [0.2, 0.25) is 5.91 Å². The average molecular weight is 347 g/mol. The maximum Gasteiger partial charge on any atom is 0.262 e. The molecule has 2 rings (SSSR count). The van der Waals surface area contributed by atoms with Gasteiger partial charge in [0.1, 0.15) is 0 Å². The number of fused-ring (bicyclic) bond motifs is 1. The normalized spacial score (nSPS) is 12.5. The monoisotopic (exact) mass is 347 g/mol. The predicted octanol–water partition coefficient (Wildman–Crippen LogP) is 3.06. The number of rotatable bonds is 7. The third-order valence-corrected chi connectivity index (χ3v) is 4.70. The molecular formula is C18H25N3O2S. The van der Waals surface area contributed by atoms with E-state index in [2.05, 4.69) is 24.1 Å². The van der Waals surface area contributed by atoms with Crippen LogP contribution in [0.2, 0.25) is 0 Å². The Labute approximate surface area is 146 Å². The number of carbonyl (C=O) groups is 1. The van der Waals surface area contributed by atoms with Crippen molar-refractivity contribution in [3.63, 3.8) is 0 Å². The van der Waals surface area contributed by atoms with Gasteiger partial charge in [-0.05, 0) is 31.4 Å². The molecule has 1 aromatic carbocycles. The number of thioether (sulfide) groups is 1. The van der Waals surface area contributed by atoms with Crippen LogP contribution >= 0.6 is 11.8 Å². The van der Waals surface area contributed by atoms with Gasteiger partial charge in [-0.1, -0.05) is 44.7 Å². The van der Waals surface area contributed by atoms with E-state index in [9.17, 15) is 9.59 Å². The minimum Gasteiger partial charge on any atom is -0.353 e. The zero-order valence-corrected chi connectivity index (χ0v) is 15.5. The van der Waals surface area contributed by atoms with Crippen LogP contribution in [0.1, 0.15) is 34.1 Å². The molecule has 0 radical (unpaired) electrons. The summed E-state index contributed by atoms with van der Waals surface area (Å²) in [7, 11) is 0. The van der Waals surface area contributed by atoms with E-state index in [1.54, 1.807) is 10.6 Å². The molecule has 0 aliphatic carbocycles. The van der Waals surface area contributed by atoms with Crippen LogP contribution in [0.25, 0.3) is 10.9 Å². The molecule has 5 nitrogen and oxygen atoms in total. The number of aromatic nitrogens is 2. The summed E-state index contributed by atoms with van der Waals surface area (Å²) in [5, 5.41) is 4.16. The van der Waals surface area contributed by atoms with Crippen LogP contribution in [-0.4, -0.2) is 27.3 Å². The van der Waals surface area contributed by atoms with Crippen LogP contribution in [0.5, 0.6) is 0 Å². The SMILES string of the molecule is CC[C@H](C)NC(=O)CSc1nc2ccccc2c(=O)n1CC(C)C. The van der Waals surface area contributed by atoms with Crippen molar-refractivity contribution in [2.75, 3.05) is 5.75 Å². The Bertz CT molecular complexity index is 770. The van der Waals surface area contributed by atoms with Crippen molar-refractivity contribution in [3.8, 4) is 0 Å². The molecule has 0 fully saturated rings. The minimum absolute atomic E-state index is 0.0344. The molecule has 0 saturated heterocycles. The standard InChI is InChI=1S/C18H25N3O2S/c1-5-13(4)19-16(22)11-24-18-20-15-9-7-6-8-14(15)17(23)21(18)10-12(2)3/h6-9,12-13H,5,10-11H2,1-4H3,(H,19,22)/t13-/m0/s1. The number of nitrogens with one attached hydrogen (secondary N) is 1. The van der Waals surface area contributed by atoms with Gasteiger partial charge in [-0.2, -0.15) is 0 Å². The summed E-state index contributed by atoms with van der Waals surface area (Å²) < 4.78 is 1.69. The first-order valence-electron chi connectivity index (χ1n) is 8.34. The minimum atomic E-state index is -0.0425. The first kappa shape index (κ1) is 18.5. The zero-order valence-electron chi connectivity index (χ0n) is 14.7. The number of nitrogens with zero attached hydrogens (tertiary/aromatic N) is 2. The largest absolute Gasteiger partial charge is 0.353 e. The maximum absolute atomic E-state index is 12.8. The highest BCUT2D eigenvalue weighted by molar-refractivity contribution is 7.99. The van der Waals surface area contributed by atoms with Crippen LogP contribution in [0.3, 0.4) is 0 Å². The lowest BCUT2D eigenvalue weighted by Gasteiger charge is -2.15. The lowest BCUT2D eigenvalue weighted by Crippen LogP contribution is -2.33. The van der Waals surface area contributed by atoms with Crippen molar-refractivity contribution < 1.29 is 4.79 Å². The van der Waals surface area contributed by atoms with E-state index < -0.39 is 0 Å². The fraction of sp³-hybridized carbons (Fsp3) is 0.500. The molecule has 24 heavy (non-hydrogen) atoms. The highest BCUT2D eigenvalue weighted by Gasteiger charge is 2.14.